The van der Waals surface area contributed by atoms with Gasteiger partial charge in [0.15, 0.2) is 0 Å². The SMILES string of the molecule is C/C(=C\c1cc(F)c2cn(CC3CC3)nc2c1)[C@@H](C=O)[C@@H](C)/C=C/[C@H](OC(=O)N1CCN(C)CC1)[C@@H](C)CC[C@@H](O)CC=O. The van der Waals surface area contributed by atoms with Crippen LogP contribution in [-0.4, -0.2) is 88.8 Å². The quantitative estimate of drug-likeness (QED) is 0.221. The molecule has 2 aliphatic rings. The second kappa shape index (κ2) is 15.6. The number of piperazine rings is 1. The summed E-state index contributed by atoms with van der Waals surface area (Å²) in [5, 5.41) is 15.1. The van der Waals surface area contributed by atoms with Crippen LogP contribution in [0.25, 0.3) is 17.0 Å². The lowest BCUT2D eigenvalue weighted by Crippen LogP contribution is -2.48. The molecular weight excluding hydrogens is 563 g/mol. The van der Waals surface area contributed by atoms with Crippen molar-refractivity contribution in [3.63, 3.8) is 0 Å². The highest BCUT2D eigenvalue weighted by Gasteiger charge is 2.27. The summed E-state index contributed by atoms with van der Waals surface area (Å²) >= 11 is 0. The van der Waals surface area contributed by atoms with E-state index in [9.17, 15) is 23.9 Å². The molecule has 0 bridgehead atoms. The Morgan fingerprint density at radius 1 is 1.14 bits per heavy atom. The molecular formula is C34H47FN4O5. The summed E-state index contributed by atoms with van der Waals surface area (Å²) < 4.78 is 22.7. The fraction of sp³-hybridized carbons (Fsp3) is 0.588. The number of likely N-dealkylation sites (N-methyl/N-ethyl adjacent to an activating group) is 1. The highest BCUT2D eigenvalue weighted by atomic mass is 19.1. The summed E-state index contributed by atoms with van der Waals surface area (Å²) in [6, 6.07) is 3.33. The van der Waals surface area contributed by atoms with Gasteiger partial charge in [-0.3, -0.25) is 4.68 Å². The van der Waals surface area contributed by atoms with E-state index >= 15 is 0 Å². The summed E-state index contributed by atoms with van der Waals surface area (Å²) in [7, 11) is 2.01. The summed E-state index contributed by atoms with van der Waals surface area (Å²) in [6.45, 7) is 9.24. The van der Waals surface area contributed by atoms with Crippen molar-refractivity contribution in [3.8, 4) is 0 Å². The van der Waals surface area contributed by atoms with Gasteiger partial charge in [0.25, 0.3) is 0 Å². The molecule has 4 rings (SSSR count). The van der Waals surface area contributed by atoms with Gasteiger partial charge in [-0.2, -0.15) is 5.10 Å². The van der Waals surface area contributed by atoms with Crippen molar-refractivity contribution >= 4 is 35.6 Å². The predicted octanol–water partition coefficient (Wildman–Crippen LogP) is 5.11. The normalized spacial score (nSPS) is 20.0. The number of aliphatic hydroxyl groups excluding tert-OH is 1. The van der Waals surface area contributed by atoms with E-state index < -0.39 is 18.1 Å². The molecule has 10 heteroatoms. The number of rotatable bonds is 15. The molecule has 1 aliphatic heterocycles. The molecule has 2 fully saturated rings. The Bertz CT molecular complexity index is 1340. The Labute approximate surface area is 259 Å². The molecule has 1 aliphatic carbocycles. The highest BCUT2D eigenvalue weighted by Crippen LogP contribution is 2.31. The fourth-order valence-corrected chi connectivity index (χ4v) is 5.68. The van der Waals surface area contributed by atoms with Gasteiger partial charge in [0.05, 0.1) is 17.0 Å². The van der Waals surface area contributed by atoms with Crippen LogP contribution in [0.15, 0.2) is 36.1 Å². The first-order valence-electron chi connectivity index (χ1n) is 15.8. The highest BCUT2D eigenvalue weighted by molar-refractivity contribution is 5.82. The molecule has 1 saturated heterocycles. The number of benzene rings is 1. The zero-order valence-corrected chi connectivity index (χ0v) is 26.4. The van der Waals surface area contributed by atoms with Crippen LogP contribution in [0.1, 0.15) is 58.4 Å². The van der Waals surface area contributed by atoms with Crippen LogP contribution in [0.3, 0.4) is 0 Å². The summed E-state index contributed by atoms with van der Waals surface area (Å²) in [5.74, 6) is -0.541. The third kappa shape index (κ3) is 9.32. The number of nitrogens with zero attached hydrogens (tertiary/aromatic N) is 4. The van der Waals surface area contributed by atoms with Crippen LogP contribution in [0.4, 0.5) is 9.18 Å². The minimum Gasteiger partial charge on any atom is -0.442 e. The number of aldehydes is 2. The van der Waals surface area contributed by atoms with Crippen LogP contribution in [0.5, 0.6) is 0 Å². The number of halogens is 1. The molecule has 1 saturated carbocycles. The number of carbonyl (C=O) groups is 3. The number of fused-ring (bicyclic) bond motifs is 1. The van der Waals surface area contributed by atoms with E-state index in [4.69, 9.17) is 4.74 Å². The molecule has 240 valence electrons. The topological polar surface area (TPSA) is 105 Å². The van der Waals surface area contributed by atoms with Gasteiger partial charge in [-0.15, -0.1) is 0 Å². The molecule has 5 atom stereocenters. The van der Waals surface area contributed by atoms with Crippen molar-refractivity contribution in [1.29, 1.82) is 0 Å². The molecule has 1 aromatic carbocycles. The maximum absolute atomic E-state index is 15.0. The van der Waals surface area contributed by atoms with Gasteiger partial charge in [-0.05, 0) is 81.2 Å². The van der Waals surface area contributed by atoms with Crippen molar-refractivity contribution in [1.82, 2.24) is 19.6 Å². The van der Waals surface area contributed by atoms with E-state index in [0.717, 1.165) is 31.5 Å². The van der Waals surface area contributed by atoms with E-state index in [-0.39, 0.29) is 30.2 Å². The molecule has 1 amide bonds. The van der Waals surface area contributed by atoms with Gasteiger partial charge in [0.1, 0.15) is 24.5 Å². The van der Waals surface area contributed by atoms with E-state index in [1.54, 1.807) is 11.1 Å². The van der Waals surface area contributed by atoms with Crippen LogP contribution in [-0.2, 0) is 20.9 Å². The lowest BCUT2D eigenvalue weighted by atomic mass is 9.86. The third-order valence-corrected chi connectivity index (χ3v) is 8.91. The standard InChI is InChI=1S/C34H47FN4O5/c1-23(6-10-33(24(2)5-9-28(42)11-16-40)44-34(43)38-14-12-37(4)13-15-38)30(22-41)25(3)17-27-18-31(35)29-21-39(20-26-7-8-26)36-32(29)19-27/h6,10,16-19,21-24,26,28,30,33,42H,5,7-9,11-15,20H2,1-4H3/b10-6+,25-17+/t23-,24-,28+,30-,33-/m0/s1. The van der Waals surface area contributed by atoms with Gasteiger partial charge in [0, 0.05) is 51.3 Å². The first-order chi connectivity index (χ1) is 21.1. The van der Waals surface area contributed by atoms with Gasteiger partial charge in [-0.25, -0.2) is 9.18 Å². The summed E-state index contributed by atoms with van der Waals surface area (Å²) in [6.07, 6.45) is 10.6. The monoisotopic (exact) mass is 610 g/mol. The first kappa shape index (κ1) is 33.5. The van der Waals surface area contributed by atoms with Crippen LogP contribution in [0.2, 0.25) is 0 Å². The molecule has 2 heterocycles. The van der Waals surface area contributed by atoms with Crippen LogP contribution >= 0.6 is 0 Å². The van der Waals surface area contributed by atoms with E-state index in [2.05, 4.69) is 10.00 Å². The number of hydrogen-bond donors (Lipinski definition) is 1. The molecule has 0 spiro atoms. The molecule has 0 unspecified atom stereocenters. The second-order valence-electron chi connectivity index (χ2n) is 12.8. The lowest BCUT2D eigenvalue weighted by molar-refractivity contribution is -0.111. The van der Waals surface area contributed by atoms with Crippen molar-refractivity contribution in [3.05, 3.63) is 47.4 Å². The lowest BCUT2D eigenvalue weighted by Gasteiger charge is -2.33. The van der Waals surface area contributed by atoms with Crippen LogP contribution in [0, 0.1) is 29.5 Å². The zero-order valence-electron chi connectivity index (χ0n) is 26.4. The predicted molar refractivity (Wildman–Crippen MR) is 168 cm³/mol. The van der Waals surface area contributed by atoms with Crippen molar-refractivity contribution in [2.75, 3.05) is 33.2 Å². The number of aliphatic hydroxyl groups is 1. The molecule has 9 nitrogen and oxygen atoms in total. The van der Waals surface area contributed by atoms with Crippen molar-refractivity contribution < 1.29 is 28.6 Å². The minimum atomic E-state index is -0.741. The van der Waals surface area contributed by atoms with Gasteiger partial charge in [-0.1, -0.05) is 31.6 Å². The molecule has 1 aromatic heterocycles. The Morgan fingerprint density at radius 2 is 1.86 bits per heavy atom. The third-order valence-electron chi connectivity index (χ3n) is 8.91. The number of allylic oxidation sites excluding steroid dienone is 2. The average Bonchev–Trinajstić information content (AvgIpc) is 3.70. The average molecular weight is 611 g/mol. The fourth-order valence-electron chi connectivity index (χ4n) is 5.68. The number of hydrogen-bond acceptors (Lipinski definition) is 7. The molecule has 44 heavy (non-hydrogen) atoms. The number of ether oxygens (including phenoxy) is 1. The minimum absolute atomic E-state index is 0.0666. The Kier molecular flexibility index (Phi) is 11.9. The van der Waals surface area contributed by atoms with E-state index in [0.29, 0.717) is 54.6 Å². The number of aromatic nitrogens is 2. The molecule has 1 N–H and O–H groups in total. The largest absolute Gasteiger partial charge is 0.442 e. The summed E-state index contributed by atoms with van der Waals surface area (Å²) in [5.41, 5.74) is 2.02. The maximum atomic E-state index is 15.0. The van der Waals surface area contributed by atoms with Gasteiger partial charge < -0.3 is 29.2 Å². The van der Waals surface area contributed by atoms with E-state index in [1.165, 1.54) is 18.9 Å². The van der Waals surface area contributed by atoms with Gasteiger partial charge >= 0.3 is 6.09 Å². The summed E-state index contributed by atoms with van der Waals surface area (Å²) in [4.78, 5) is 40.0. The Balaban J connectivity index is 1.47. The number of carbonyl (C=O) groups excluding carboxylic acids is 3. The van der Waals surface area contributed by atoms with Crippen LogP contribution < -0.4 is 0 Å². The van der Waals surface area contributed by atoms with Crippen molar-refractivity contribution in [2.24, 2.45) is 23.7 Å². The molecule has 0 radical (unpaired) electrons. The second-order valence-corrected chi connectivity index (χ2v) is 12.8. The maximum Gasteiger partial charge on any atom is 0.410 e. The van der Waals surface area contributed by atoms with Gasteiger partial charge in [0.2, 0.25) is 0 Å². The Morgan fingerprint density at radius 3 is 2.52 bits per heavy atom. The Hall–Kier alpha value is -3.37. The zero-order chi connectivity index (χ0) is 31.8. The first-order valence-corrected chi connectivity index (χ1v) is 15.8. The van der Waals surface area contributed by atoms with E-state index in [1.807, 2.05) is 56.8 Å². The molecule has 2 aromatic rings. The van der Waals surface area contributed by atoms with Crippen molar-refractivity contribution in [2.45, 2.75) is 71.6 Å². The smallest absolute Gasteiger partial charge is 0.410 e. The number of amides is 1.